The molecule has 6 heteroatoms. The lowest BCUT2D eigenvalue weighted by Gasteiger charge is -2.21. The average molecular weight is 352 g/mol. The van der Waals surface area contributed by atoms with Crippen molar-refractivity contribution in [1.82, 2.24) is 0 Å². The Kier molecular flexibility index (Phi) is 4.88. The Bertz CT molecular complexity index is 373. The van der Waals surface area contributed by atoms with Gasteiger partial charge in [-0.25, -0.2) is 8.78 Å². The highest BCUT2D eigenvalue weighted by molar-refractivity contribution is 9.09. The van der Waals surface area contributed by atoms with Crippen molar-refractivity contribution in [3.8, 4) is 0 Å². The van der Waals surface area contributed by atoms with Crippen LogP contribution in [-0.2, 0) is 0 Å². The van der Waals surface area contributed by atoms with Crippen LogP contribution in [0.5, 0.6) is 0 Å². The molecule has 1 rings (SSSR count). The molecule has 16 heavy (non-hydrogen) atoms. The molecule has 1 unspecified atom stereocenters. The van der Waals surface area contributed by atoms with Crippen LogP contribution in [0.3, 0.4) is 0 Å². The number of hydrogen-bond acceptors (Lipinski definition) is 0. The van der Waals surface area contributed by atoms with Gasteiger partial charge in [0.15, 0.2) is 0 Å². The molecule has 0 aliphatic heterocycles. The van der Waals surface area contributed by atoms with Crippen molar-refractivity contribution in [2.45, 2.75) is 24.1 Å². The predicted molar refractivity (Wildman–Crippen MR) is 68.4 cm³/mol. The maximum atomic E-state index is 13.4. The fourth-order valence-electron chi connectivity index (χ4n) is 1.14. The number of alkyl halides is 3. The van der Waals surface area contributed by atoms with E-state index in [0.29, 0.717) is 5.56 Å². The van der Waals surface area contributed by atoms with Gasteiger partial charge in [-0.2, -0.15) is 0 Å². The van der Waals surface area contributed by atoms with Crippen LogP contribution in [0.4, 0.5) is 8.78 Å². The first-order valence-electron chi connectivity index (χ1n) is 4.46. The van der Waals surface area contributed by atoms with E-state index in [9.17, 15) is 8.78 Å². The number of halogens is 6. The van der Waals surface area contributed by atoms with Gasteiger partial charge in [0.1, 0.15) is 4.83 Å². The first-order chi connectivity index (χ1) is 7.29. The SMILES string of the molecule is CCC(F)(F)C(Br)c1cc(Cl)c(Cl)c(Cl)c1. The van der Waals surface area contributed by atoms with E-state index < -0.39 is 10.7 Å². The third-order valence-corrected chi connectivity index (χ3v) is 4.54. The Hall–Kier alpha value is 0.430. The summed E-state index contributed by atoms with van der Waals surface area (Å²) in [5, 5.41) is 0.507. The van der Waals surface area contributed by atoms with Crippen molar-refractivity contribution in [3.63, 3.8) is 0 Å². The van der Waals surface area contributed by atoms with Crippen LogP contribution in [0, 0.1) is 0 Å². The highest BCUT2D eigenvalue weighted by atomic mass is 79.9. The Labute approximate surface area is 116 Å². The smallest absolute Gasteiger partial charge is 0.205 e. The molecule has 0 fully saturated rings. The molecule has 0 saturated heterocycles. The molecule has 0 nitrogen and oxygen atoms in total. The minimum Gasteiger partial charge on any atom is -0.205 e. The Morgan fingerprint density at radius 3 is 2.06 bits per heavy atom. The first kappa shape index (κ1) is 14.5. The fraction of sp³-hybridized carbons (Fsp3) is 0.400. The first-order valence-corrected chi connectivity index (χ1v) is 6.51. The molecule has 1 aromatic rings. The molecule has 0 spiro atoms. The third kappa shape index (κ3) is 3.00. The van der Waals surface area contributed by atoms with Crippen LogP contribution in [-0.4, -0.2) is 5.92 Å². The largest absolute Gasteiger partial charge is 0.264 e. The van der Waals surface area contributed by atoms with E-state index >= 15 is 0 Å². The lowest BCUT2D eigenvalue weighted by Crippen LogP contribution is -2.20. The molecule has 0 N–H and O–H groups in total. The van der Waals surface area contributed by atoms with Gasteiger partial charge in [-0.05, 0) is 17.7 Å². The van der Waals surface area contributed by atoms with Gasteiger partial charge in [0.2, 0.25) is 0 Å². The van der Waals surface area contributed by atoms with Gasteiger partial charge in [-0.1, -0.05) is 57.7 Å². The van der Waals surface area contributed by atoms with Gasteiger partial charge in [0, 0.05) is 6.42 Å². The van der Waals surface area contributed by atoms with E-state index in [0.717, 1.165) is 0 Å². The fourth-order valence-corrected chi connectivity index (χ4v) is 2.35. The van der Waals surface area contributed by atoms with E-state index in [4.69, 9.17) is 34.8 Å². The second-order valence-electron chi connectivity index (χ2n) is 3.28. The molecule has 0 bridgehead atoms. The summed E-state index contributed by atoms with van der Waals surface area (Å²) in [6, 6.07) is 2.78. The summed E-state index contributed by atoms with van der Waals surface area (Å²) in [4.78, 5) is -1.13. The zero-order valence-electron chi connectivity index (χ0n) is 8.21. The van der Waals surface area contributed by atoms with Crippen molar-refractivity contribution < 1.29 is 8.78 Å². The summed E-state index contributed by atoms with van der Waals surface area (Å²) in [7, 11) is 0. The Balaban J connectivity index is 3.15. The van der Waals surface area contributed by atoms with E-state index in [1.807, 2.05) is 0 Å². The summed E-state index contributed by atoms with van der Waals surface area (Å²) in [5.74, 6) is -2.86. The minimum absolute atomic E-state index is 0.167. The zero-order valence-corrected chi connectivity index (χ0v) is 12.1. The van der Waals surface area contributed by atoms with Crippen molar-refractivity contribution in [1.29, 1.82) is 0 Å². The second kappa shape index (κ2) is 5.38. The third-order valence-electron chi connectivity index (χ3n) is 2.14. The van der Waals surface area contributed by atoms with Crippen molar-refractivity contribution in [3.05, 3.63) is 32.8 Å². The normalized spacial score (nSPS) is 13.9. The van der Waals surface area contributed by atoms with Crippen LogP contribution in [0.25, 0.3) is 0 Å². The summed E-state index contributed by atoms with van der Waals surface area (Å²) in [6.45, 7) is 1.41. The van der Waals surface area contributed by atoms with Crippen molar-refractivity contribution in [2.24, 2.45) is 0 Å². The van der Waals surface area contributed by atoms with E-state index in [-0.39, 0.29) is 21.5 Å². The van der Waals surface area contributed by atoms with Gasteiger partial charge in [0.25, 0.3) is 5.92 Å². The number of hydrogen-bond donors (Lipinski definition) is 0. The average Bonchev–Trinajstić information content (AvgIpc) is 2.24. The molecule has 0 radical (unpaired) electrons. The molecule has 1 atom stereocenters. The highest BCUT2D eigenvalue weighted by Gasteiger charge is 2.37. The molecule has 0 amide bonds. The molecule has 0 aliphatic carbocycles. The van der Waals surface area contributed by atoms with E-state index in [1.54, 1.807) is 0 Å². The molecule has 0 heterocycles. The standard InChI is InChI=1S/C10H8BrCl3F2/c1-2-10(15,16)9(11)5-3-6(12)8(14)7(13)4-5/h3-4,9H,2H2,1H3. The summed E-state index contributed by atoms with van der Waals surface area (Å²) >= 11 is 20.2. The van der Waals surface area contributed by atoms with Gasteiger partial charge >= 0.3 is 0 Å². The molecule has 90 valence electrons. The number of rotatable bonds is 3. The van der Waals surface area contributed by atoms with Gasteiger partial charge in [-0.3, -0.25) is 0 Å². The minimum atomic E-state index is -2.86. The summed E-state index contributed by atoms with van der Waals surface area (Å²) < 4.78 is 26.9. The predicted octanol–water partition coefficient (Wildman–Crippen LogP) is 6.13. The van der Waals surface area contributed by atoms with Gasteiger partial charge in [-0.15, -0.1) is 0 Å². The maximum Gasteiger partial charge on any atom is 0.264 e. The number of benzene rings is 1. The molecule has 1 aromatic carbocycles. The lowest BCUT2D eigenvalue weighted by atomic mass is 10.1. The topological polar surface area (TPSA) is 0 Å². The quantitative estimate of drug-likeness (QED) is 0.453. The van der Waals surface area contributed by atoms with E-state index in [1.165, 1.54) is 19.1 Å². The monoisotopic (exact) mass is 350 g/mol. The van der Waals surface area contributed by atoms with Crippen LogP contribution >= 0.6 is 50.7 Å². The summed E-state index contributed by atoms with van der Waals surface area (Å²) in [6.07, 6.45) is -0.277. The molecule has 0 aliphatic rings. The van der Waals surface area contributed by atoms with Crippen LogP contribution in [0.2, 0.25) is 15.1 Å². The summed E-state index contributed by atoms with van der Waals surface area (Å²) in [5.41, 5.74) is 0.311. The molecular weight excluding hydrogens is 344 g/mol. The zero-order chi connectivity index (χ0) is 12.5. The van der Waals surface area contributed by atoms with Gasteiger partial charge < -0.3 is 0 Å². The maximum absolute atomic E-state index is 13.4. The van der Waals surface area contributed by atoms with Gasteiger partial charge in [0.05, 0.1) is 15.1 Å². The van der Waals surface area contributed by atoms with E-state index in [2.05, 4.69) is 15.9 Å². The second-order valence-corrected chi connectivity index (χ2v) is 5.38. The Morgan fingerprint density at radius 1 is 1.25 bits per heavy atom. The molecule has 0 aromatic heterocycles. The highest BCUT2D eigenvalue weighted by Crippen LogP contribution is 2.43. The van der Waals surface area contributed by atoms with Crippen LogP contribution in [0.1, 0.15) is 23.7 Å². The van der Waals surface area contributed by atoms with Crippen LogP contribution in [0.15, 0.2) is 12.1 Å². The molecule has 0 saturated carbocycles. The van der Waals surface area contributed by atoms with Crippen molar-refractivity contribution in [2.75, 3.05) is 0 Å². The Morgan fingerprint density at radius 2 is 1.69 bits per heavy atom. The molecular formula is C10H8BrCl3F2. The lowest BCUT2D eigenvalue weighted by molar-refractivity contribution is -0.00345. The van der Waals surface area contributed by atoms with Crippen LogP contribution < -0.4 is 0 Å². The van der Waals surface area contributed by atoms with Crippen molar-refractivity contribution >= 4 is 50.7 Å².